The lowest BCUT2D eigenvalue weighted by Crippen LogP contribution is -2.46. The van der Waals surface area contributed by atoms with Crippen LogP contribution in [-0.4, -0.2) is 62.2 Å². The second-order valence-corrected chi connectivity index (χ2v) is 8.03. The molecule has 0 spiro atoms. The molecule has 0 aliphatic carbocycles. The molecule has 1 aliphatic heterocycles. The Morgan fingerprint density at radius 3 is 2.41 bits per heavy atom. The summed E-state index contributed by atoms with van der Waals surface area (Å²) in [6, 6.07) is 10.4. The van der Waals surface area contributed by atoms with Crippen LogP contribution < -0.4 is 19.7 Å². The molecule has 9 heteroatoms. The molecule has 2 aromatic carbocycles. The van der Waals surface area contributed by atoms with Crippen molar-refractivity contribution in [2.24, 2.45) is 0 Å². The van der Waals surface area contributed by atoms with E-state index in [4.69, 9.17) is 9.47 Å². The number of hydrogen-bond donors (Lipinski definition) is 1. The summed E-state index contributed by atoms with van der Waals surface area (Å²) in [7, 11) is 3.28. The zero-order valence-corrected chi connectivity index (χ0v) is 19.0. The van der Waals surface area contributed by atoms with Crippen LogP contribution in [0.5, 0.6) is 11.5 Å². The van der Waals surface area contributed by atoms with Crippen LogP contribution in [0.15, 0.2) is 36.4 Å². The molecule has 0 atom stereocenters. The van der Waals surface area contributed by atoms with Crippen molar-refractivity contribution in [2.45, 2.75) is 26.4 Å². The highest BCUT2D eigenvalue weighted by Gasteiger charge is 2.25. The van der Waals surface area contributed by atoms with Crippen molar-refractivity contribution in [1.82, 2.24) is 10.2 Å². The van der Waals surface area contributed by atoms with Crippen LogP contribution in [0.25, 0.3) is 0 Å². The summed E-state index contributed by atoms with van der Waals surface area (Å²) in [5.74, 6) is 1.27. The molecule has 1 amide bonds. The first-order valence-corrected chi connectivity index (χ1v) is 10.6. The maximum atomic E-state index is 12.3. The molecule has 9 nitrogen and oxygen atoms in total. The molecule has 0 radical (unpaired) electrons. The number of nitrogens with zero attached hydrogens (tertiary/aromatic N) is 3. The number of benzene rings is 2. The molecule has 1 aliphatic rings. The standard InChI is InChI=1S/C23H30N4O5/c1-16(2)24-23(28)17-5-7-20(21(14-17)27(29)30)26-11-9-25(10-12-26)15-18-13-19(31-3)6-8-22(18)32-4/h5-8,13-14,16H,9-12,15H2,1-4H3,(H,24,28). The molecule has 1 saturated heterocycles. The lowest BCUT2D eigenvalue weighted by atomic mass is 10.1. The Morgan fingerprint density at radius 1 is 1.09 bits per heavy atom. The van der Waals surface area contributed by atoms with Crippen molar-refractivity contribution in [3.8, 4) is 11.5 Å². The van der Waals surface area contributed by atoms with Gasteiger partial charge >= 0.3 is 0 Å². The summed E-state index contributed by atoms with van der Waals surface area (Å²) in [5, 5.41) is 14.5. The zero-order chi connectivity index (χ0) is 23.3. The van der Waals surface area contributed by atoms with E-state index in [0.717, 1.165) is 30.2 Å². The molecule has 172 valence electrons. The molecule has 1 N–H and O–H groups in total. The second kappa shape index (κ2) is 10.3. The minimum atomic E-state index is -0.422. The Bertz CT molecular complexity index is 971. The van der Waals surface area contributed by atoms with Crippen LogP contribution in [0.1, 0.15) is 29.8 Å². The summed E-state index contributed by atoms with van der Waals surface area (Å²) in [5.41, 5.74) is 1.81. The lowest BCUT2D eigenvalue weighted by Gasteiger charge is -2.36. The first-order valence-electron chi connectivity index (χ1n) is 10.6. The van der Waals surface area contributed by atoms with E-state index in [1.165, 1.54) is 6.07 Å². The van der Waals surface area contributed by atoms with E-state index in [1.807, 2.05) is 36.9 Å². The number of methoxy groups -OCH3 is 2. The van der Waals surface area contributed by atoms with Crippen LogP contribution >= 0.6 is 0 Å². The van der Waals surface area contributed by atoms with Gasteiger partial charge in [-0.25, -0.2) is 0 Å². The summed E-state index contributed by atoms with van der Waals surface area (Å²) in [6.07, 6.45) is 0. The second-order valence-electron chi connectivity index (χ2n) is 8.03. The number of nitro benzene ring substituents is 1. The highest BCUT2D eigenvalue weighted by atomic mass is 16.6. The molecular weight excluding hydrogens is 412 g/mol. The van der Waals surface area contributed by atoms with Gasteiger partial charge in [0.25, 0.3) is 11.6 Å². The van der Waals surface area contributed by atoms with Crippen molar-refractivity contribution < 1.29 is 19.2 Å². The van der Waals surface area contributed by atoms with Gasteiger partial charge in [0.2, 0.25) is 0 Å². The Labute approximate surface area is 188 Å². The van der Waals surface area contributed by atoms with Crippen molar-refractivity contribution >= 4 is 17.3 Å². The van der Waals surface area contributed by atoms with Crippen LogP contribution in [0.3, 0.4) is 0 Å². The van der Waals surface area contributed by atoms with E-state index in [1.54, 1.807) is 26.4 Å². The summed E-state index contributed by atoms with van der Waals surface area (Å²) >= 11 is 0. The number of anilines is 1. The molecule has 2 aromatic rings. The van der Waals surface area contributed by atoms with Gasteiger partial charge in [-0.2, -0.15) is 0 Å². The topological polar surface area (TPSA) is 97.2 Å². The third kappa shape index (κ3) is 5.47. The number of piperazine rings is 1. The molecule has 0 bridgehead atoms. The van der Waals surface area contributed by atoms with Crippen LogP contribution in [0.4, 0.5) is 11.4 Å². The first-order chi connectivity index (χ1) is 15.3. The third-order valence-corrected chi connectivity index (χ3v) is 5.45. The van der Waals surface area contributed by atoms with Gasteiger partial charge in [0, 0.05) is 56.0 Å². The fourth-order valence-electron chi connectivity index (χ4n) is 3.82. The summed E-state index contributed by atoms with van der Waals surface area (Å²) in [6.45, 7) is 7.17. The van der Waals surface area contributed by atoms with Crippen molar-refractivity contribution in [2.75, 3.05) is 45.3 Å². The quantitative estimate of drug-likeness (QED) is 0.496. The number of carbonyl (C=O) groups excluding carboxylic acids is 1. The van der Waals surface area contributed by atoms with E-state index in [9.17, 15) is 14.9 Å². The number of hydrogen-bond acceptors (Lipinski definition) is 7. The predicted molar refractivity (Wildman–Crippen MR) is 123 cm³/mol. The Morgan fingerprint density at radius 2 is 1.81 bits per heavy atom. The zero-order valence-electron chi connectivity index (χ0n) is 19.0. The minimum Gasteiger partial charge on any atom is -0.497 e. The lowest BCUT2D eigenvalue weighted by molar-refractivity contribution is -0.384. The monoisotopic (exact) mass is 442 g/mol. The van der Waals surface area contributed by atoms with Gasteiger partial charge in [0.15, 0.2) is 0 Å². The molecule has 1 fully saturated rings. The highest BCUT2D eigenvalue weighted by Crippen LogP contribution is 2.31. The van der Waals surface area contributed by atoms with Gasteiger partial charge in [0.05, 0.1) is 19.1 Å². The largest absolute Gasteiger partial charge is 0.497 e. The molecule has 1 heterocycles. The molecular formula is C23H30N4O5. The Hall–Kier alpha value is -3.33. The summed E-state index contributed by atoms with van der Waals surface area (Å²) in [4.78, 5) is 27.8. The van der Waals surface area contributed by atoms with E-state index in [0.29, 0.717) is 25.3 Å². The number of carbonyl (C=O) groups is 1. The van der Waals surface area contributed by atoms with Gasteiger partial charge < -0.3 is 19.7 Å². The van der Waals surface area contributed by atoms with Gasteiger partial charge in [-0.3, -0.25) is 19.8 Å². The van der Waals surface area contributed by atoms with E-state index < -0.39 is 4.92 Å². The molecule has 0 aromatic heterocycles. The Balaban J connectivity index is 1.71. The number of nitro groups is 1. The predicted octanol–water partition coefficient (Wildman–Crippen LogP) is 3.07. The van der Waals surface area contributed by atoms with Crippen LogP contribution in [0, 0.1) is 10.1 Å². The average Bonchev–Trinajstić information content (AvgIpc) is 2.78. The average molecular weight is 443 g/mol. The SMILES string of the molecule is COc1ccc(OC)c(CN2CCN(c3ccc(C(=O)NC(C)C)cc3[N+](=O)[O-])CC2)c1. The fourth-order valence-corrected chi connectivity index (χ4v) is 3.82. The molecule has 0 saturated carbocycles. The van der Waals surface area contributed by atoms with Crippen molar-refractivity contribution in [3.05, 3.63) is 57.6 Å². The Kier molecular flexibility index (Phi) is 7.53. The number of amides is 1. The smallest absolute Gasteiger partial charge is 0.293 e. The maximum absolute atomic E-state index is 12.3. The summed E-state index contributed by atoms with van der Waals surface area (Å²) < 4.78 is 10.8. The number of nitrogens with one attached hydrogen (secondary N) is 1. The fraction of sp³-hybridized carbons (Fsp3) is 0.435. The van der Waals surface area contributed by atoms with Crippen molar-refractivity contribution in [1.29, 1.82) is 0 Å². The molecule has 3 rings (SSSR count). The van der Waals surface area contributed by atoms with Gasteiger partial charge in [-0.1, -0.05) is 0 Å². The van der Waals surface area contributed by atoms with Crippen molar-refractivity contribution in [3.63, 3.8) is 0 Å². The highest BCUT2D eigenvalue weighted by molar-refractivity contribution is 5.96. The minimum absolute atomic E-state index is 0.0440. The maximum Gasteiger partial charge on any atom is 0.293 e. The van der Waals surface area contributed by atoms with E-state index >= 15 is 0 Å². The van der Waals surface area contributed by atoms with Gasteiger partial charge in [0.1, 0.15) is 17.2 Å². The van der Waals surface area contributed by atoms with Crippen LogP contribution in [0.2, 0.25) is 0 Å². The molecule has 32 heavy (non-hydrogen) atoms. The molecule has 0 unspecified atom stereocenters. The third-order valence-electron chi connectivity index (χ3n) is 5.45. The van der Waals surface area contributed by atoms with E-state index in [-0.39, 0.29) is 23.2 Å². The normalized spacial score (nSPS) is 14.3. The number of rotatable bonds is 8. The first kappa shape index (κ1) is 23.3. The van der Waals surface area contributed by atoms with Crippen LogP contribution in [-0.2, 0) is 6.54 Å². The van der Waals surface area contributed by atoms with Gasteiger partial charge in [-0.15, -0.1) is 0 Å². The van der Waals surface area contributed by atoms with Gasteiger partial charge in [-0.05, 0) is 44.2 Å². The number of ether oxygens (including phenoxy) is 2. The van der Waals surface area contributed by atoms with E-state index in [2.05, 4.69) is 10.2 Å².